The second-order valence-corrected chi connectivity index (χ2v) is 7.20. The molecule has 1 amide bonds. The second kappa shape index (κ2) is 9.64. The summed E-state index contributed by atoms with van der Waals surface area (Å²) in [5.74, 6) is -0.645. The smallest absolute Gasteiger partial charge is 0.341 e. The molecule has 156 valence electrons. The molecule has 0 bridgehead atoms. The van der Waals surface area contributed by atoms with Crippen molar-refractivity contribution in [2.45, 2.75) is 6.92 Å². The minimum absolute atomic E-state index is 0.104. The lowest BCUT2D eigenvalue weighted by Crippen LogP contribution is -2.16. The number of ether oxygens (including phenoxy) is 2. The number of rotatable bonds is 8. The topological polar surface area (TPSA) is 110 Å². The van der Waals surface area contributed by atoms with E-state index in [0.29, 0.717) is 28.0 Å². The molecular weight excluding hydrogens is 480 g/mol. The molecule has 0 saturated carbocycles. The van der Waals surface area contributed by atoms with Crippen LogP contribution in [0.15, 0.2) is 50.4 Å². The Hall–Kier alpha value is -3.04. The summed E-state index contributed by atoms with van der Waals surface area (Å²) < 4.78 is 16.5. The number of carbonyl (C=O) groups excluding carboxylic acids is 1. The van der Waals surface area contributed by atoms with Gasteiger partial charge in [0.05, 0.1) is 22.3 Å². The van der Waals surface area contributed by atoms with Crippen molar-refractivity contribution in [1.82, 2.24) is 5.43 Å². The van der Waals surface area contributed by atoms with E-state index in [1.165, 1.54) is 12.3 Å². The van der Waals surface area contributed by atoms with Crippen LogP contribution >= 0.6 is 27.5 Å². The summed E-state index contributed by atoms with van der Waals surface area (Å²) in [7, 11) is 0. The molecule has 30 heavy (non-hydrogen) atoms. The van der Waals surface area contributed by atoms with Crippen LogP contribution in [0.5, 0.6) is 11.5 Å². The number of hydrogen-bond acceptors (Lipinski definition) is 6. The maximum absolute atomic E-state index is 12.3. The van der Waals surface area contributed by atoms with Gasteiger partial charge >= 0.3 is 11.9 Å². The first-order chi connectivity index (χ1) is 14.4. The van der Waals surface area contributed by atoms with Crippen LogP contribution < -0.4 is 14.9 Å². The summed E-state index contributed by atoms with van der Waals surface area (Å²) >= 11 is 9.38. The number of benzene rings is 2. The number of amides is 1. The van der Waals surface area contributed by atoms with E-state index in [1.54, 1.807) is 30.3 Å². The van der Waals surface area contributed by atoms with Gasteiger partial charge in [-0.15, -0.1) is 0 Å². The fourth-order valence-electron chi connectivity index (χ4n) is 2.54. The van der Waals surface area contributed by atoms with E-state index in [9.17, 15) is 9.59 Å². The van der Waals surface area contributed by atoms with Crippen molar-refractivity contribution >= 4 is 56.6 Å². The maximum Gasteiger partial charge on any atom is 0.341 e. The number of nitrogens with zero attached hydrogens (tertiary/aromatic N) is 1. The highest BCUT2D eigenvalue weighted by Crippen LogP contribution is 2.34. The highest BCUT2D eigenvalue weighted by atomic mass is 79.9. The van der Waals surface area contributed by atoms with Crippen LogP contribution in [0.25, 0.3) is 11.0 Å². The molecule has 1 aromatic heterocycles. The van der Waals surface area contributed by atoms with Crippen LogP contribution in [0.2, 0.25) is 5.02 Å². The zero-order valence-corrected chi connectivity index (χ0v) is 18.0. The Balaban J connectivity index is 1.68. The van der Waals surface area contributed by atoms with Crippen molar-refractivity contribution < 1.29 is 28.6 Å². The van der Waals surface area contributed by atoms with Gasteiger partial charge in [0.2, 0.25) is 0 Å². The normalized spacial score (nSPS) is 11.0. The predicted octanol–water partition coefficient (Wildman–Crippen LogP) is 4.47. The SMILES string of the molecule is CCOc1ccc2oc(C(=O)N/N=C/c3cc(Cl)c(OCC(=O)O)c(Br)c3)cc2c1. The lowest BCUT2D eigenvalue weighted by molar-refractivity contribution is -0.139. The monoisotopic (exact) mass is 494 g/mol. The van der Waals surface area contributed by atoms with E-state index < -0.39 is 18.5 Å². The maximum atomic E-state index is 12.3. The number of carbonyl (C=O) groups is 2. The Bertz CT molecular complexity index is 1100. The number of nitrogens with one attached hydrogen (secondary N) is 1. The Morgan fingerprint density at radius 3 is 2.77 bits per heavy atom. The van der Waals surface area contributed by atoms with Crippen LogP contribution in [0, 0.1) is 0 Å². The molecule has 2 N–H and O–H groups in total. The number of aliphatic carboxylic acids is 1. The van der Waals surface area contributed by atoms with Gasteiger partial charge < -0.3 is 19.0 Å². The molecule has 0 aliphatic heterocycles. The summed E-state index contributed by atoms with van der Waals surface area (Å²) in [6, 6.07) is 10.0. The van der Waals surface area contributed by atoms with E-state index in [4.69, 9.17) is 30.6 Å². The molecule has 3 aromatic rings. The highest BCUT2D eigenvalue weighted by molar-refractivity contribution is 9.10. The first-order valence-corrected chi connectivity index (χ1v) is 9.88. The van der Waals surface area contributed by atoms with E-state index in [0.717, 1.165) is 5.39 Å². The average Bonchev–Trinajstić information content (AvgIpc) is 3.11. The van der Waals surface area contributed by atoms with Crippen molar-refractivity contribution in [2.75, 3.05) is 13.2 Å². The van der Waals surface area contributed by atoms with Crippen LogP contribution in [0.3, 0.4) is 0 Å². The molecule has 10 heteroatoms. The average molecular weight is 496 g/mol. The fourth-order valence-corrected chi connectivity index (χ4v) is 3.53. The van der Waals surface area contributed by atoms with Gasteiger partial charge in [0.25, 0.3) is 0 Å². The van der Waals surface area contributed by atoms with Gasteiger partial charge in [0, 0.05) is 5.39 Å². The molecule has 0 unspecified atom stereocenters. The van der Waals surface area contributed by atoms with Crippen molar-refractivity contribution in [1.29, 1.82) is 0 Å². The molecule has 0 saturated heterocycles. The van der Waals surface area contributed by atoms with Gasteiger partial charge in [-0.05, 0) is 64.8 Å². The molecule has 0 spiro atoms. The van der Waals surface area contributed by atoms with E-state index in [-0.39, 0.29) is 16.5 Å². The van der Waals surface area contributed by atoms with Crippen LogP contribution in [-0.2, 0) is 4.79 Å². The molecule has 0 atom stereocenters. The minimum Gasteiger partial charge on any atom is -0.494 e. The molecule has 1 heterocycles. The van der Waals surface area contributed by atoms with Crippen molar-refractivity contribution in [3.8, 4) is 11.5 Å². The third kappa shape index (κ3) is 5.31. The van der Waals surface area contributed by atoms with Gasteiger partial charge in [-0.25, -0.2) is 10.2 Å². The molecule has 0 radical (unpaired) electrons. The Kier molecular flexibility index (Phi) is 6.96. The molecule has 3 rings (SSSR count). The highest BCUT2D eigenvalue weighted by Gasteiger charge is 2.13. The molecular formula is C20H16BrClN2O6. The van der Waals surface area contributed by atoms with Gasteiger partial charge in [0.15, 0.2) is 18.1 Å². The van der Waals surface area contributed by atoms with Crippen LogP contribution in [0.4, 0.5) is 0 Å². The summed E-state index contributed by atoms with van der Waals surface area (Å²) in [6.07, 6.45) is 1.38. The van der Waals surface area contributed by atoms with Crippen molar-refractivity contribution in [3.63, 3.8) is 0 Å². The fraction of sp³-hybridized carbons (Fsp3) is 0.150. The second-order valence-electron chi connectivity index (χ2n) is 5.94. The number of fused-ring (bicyclic) bond motifs is 1. The van der Waals surface area contributed by atoms with Gasteiger partial charge in [-0.1, -0.05) is 11.6 Å². The van der Waals surface area contributed by atoms with E-state index in [1.807, 2.05) is 6.92 Å². The zero-order valence-electron chi connectivity index (χ0n) is 15.6. The molecule has 0 fully saturated rings. The first-order valence-electron chi connectivity index (χ1n) is 8.70. The molecule has 0 aliphatic carbocycles. The van der Waals surface area contributed by atoms with Gasteiger partial charge in [-0.2, -0.15) is 5.10 Å². The van der Waals surface area contributed by atoms with E-state index >= 15 is 0 Å². The lowest BCUT2D eigenvalue weighted by atomic mass is 10.2. The molecule has 2 aromatic carbocycles. The Labute approximate surface area is 184 Å². The Morgan fingerprint density at radius 1 is 1.27 bits per heavy atom. The third-order valence-electron chi connectivity index (χ3n) is 3.76. The predicted molar refractivity (Wildman–Crippen MR) is 115 cm³/mol. The number of furan rings is 1. The number of carboxylic acids is 1. The summed E-state index contributed by atoms with van der Waals surface area (Å²) in [5.41, 5.74) is 3.49. The summed E-state index contributed by atoms with van der Waals surface area (Å²) in [4.78, 5) is 22.9. The number of hydrogen-bond donors (Lipinski definition) is 2. The largest absolute Gasteiger partial charge is 0.494 e. The first kappa shape index (κ1) is 21.7. The molecule has 8 nitrogen and oxygen atoms in total. The van der Waals surface area contributed by atoms with Gasteiger partial charge in [-0.3, -0.25) is 4.79 Å². The number of carboxylic acid groups (broad SMARTS) is 1. The minimum atomic E-state index is -1.12. The van der Waals surface area contributed by atoms with Gasteiger partial charge in [0.1, 0.15) is 11.3 Å². The summed E-state index contributed by atoms with van der Waals surface area (Å²) in [5, 5.41) is 13.5. The third-order valence-corrected chi connectivity index (χ3v) is 4.63. The number of halogens is 2. The van der Waals surface area contributed by atoms with Crippen LogP contribution in [0.1, 0.15) is 23.0 Å². The number of hydrazone groups is 1. The van der Waals surface area contributed by atoms with Crippen molar-refractivity contribution in [3.05, 3.63) is 57.2 Å². The zero-order chi connectivity index (χ0) is 21.7. The standard InChI is InChI=1S/C20H16BrClN2O6/c1-2-28-13-3-4-16-12(7-13)8-17(30-16)20(27)24-23-9-11-5-14(21)19(15(22)6-11)29-10-18(25)26/h3-9H,2,10H2,1H3,(H,24,27)(H,25,26)/b23-9+. The Morgan fingerprint density at radius 2 is 2.07 bits per heavy atom. The molecule has 0 aliphatic rings. The van der Waals surface area contributed by atoms with E-state index in [2.05, 4.69) is 26.5 Å². The summed E-state index contributed by atoms with van der Waals surface area (Å²) in [6.45, 7) is 1.91. The van der Waals surface area contributed by atoms with Crippen LogP contribution in [-0.4, -0.2) is 36.4 Å². The van der Waals surface area contributed by atoms with Crippen molar-refractivity contribution in [2.24, 2.45) is 5.10 Å². The lowest BCUT2D eigenvalue weighted by Gasteiger charge is -2.08. The quantitative estimate of drug-likeness (QED) is 0.352.